The lowest BCUT2D eigenvalue weighted by molar-refractivity contribution is -0.137. The first-order valence-corrected chi connectivity index (χ1v) is 11.7. The third-order valence-electron chi connectivity index (χ3n) is 4.78. The molecule has 9 nitrogen and oxygen atoms in total. The molecule has 0 heterocycles. The first kappa shape index (κ1) is 26.6. The van der Waals surface area contributed by atoms with Gasteiger partial charge >= 0.3 is 6.61 Å². The van der Waals surface area contributed by atoms with Crippen LogP contribution in [0.15, 0.2) is 54.6 Å². The molecule has 0 aliphatic carbocycles. The number of hydrogen-bond donors (Lipinski definition) is 2. The minimum atomic E-state index is -4.00. The normalized spacial score (nSPS) is 13.1. The van der Waals surface area contributed by atoms with Crippen LogP contribution in [-0.4, -0.2) is 49.7 Å². The average molecular weight is 496 g/mol. The summed E-state index contributed by atoms with van der Waals surface area (Å²) in [5.41, 5.74) is 2.79. The number of para-hydroxylation sites is 1. The molecule has 0 aromatic heterocycles. The maximum absolute atomic E-state index is 12.7. The predicted octanol–water partition coefficient (Wildman–Crippen LogP) is 1.41. The Balaban J connectivity index is 2.09. The van der Waals surface area contributed by atoms with E-state index in [-0.39, 0.29) is 16.9 Å². The Bertz CT molecular complexity index is 1190. The van der Waals surface area contributed by atoms with Crippen LogP contribution in [0.1, 0.15) is 29.3 Å². The highest BCUT2D eigenvalue weighted by molar-refractivity contribution is 7.90. The molecule has 2 rings (SSSR count). The highest BCUT2D eigenvalue weighted by Gasteiger charge is 2.44. The summed E-state index contributed by atoms with van der Waals surface area (Å²) >= 11 is 0. The minimum absolute atomic E-state index is 0.0264. The molecule has 34 heavy (non-hydrogen) atoms. The molecule has 0 aliphatic heterocycles. The van der Waals surface area contributed by atoms with Gasteiger partial charge in [-0.05, 0) is 13.0 Å². The molecule has 0 spiro atoms. The van der Waals surface area contributed by atoms with Gasteiger partial charge in [-0.15, -0.1) is 0 Å². The number of ketones is 2. The molecule has 2 aromatic rings. The molecule has 0 bridgehead atoms. The number of hydrogen-bond acceptors (Lipinski definition) is 7. The number of rotatable bonds is 12. The number of alkyl halides is 2. The fraction of sp³-hybridized carbons (Fsp3) is 0.273. The number of sulfone groups is 1. The van der Waals surface area contributed by atoms with Crippen molar-refractivity contribution in [1.29, 1.82) is 0 Å². The molecule has 0 aliphatic rings. The van der Waals surface area contributed by atoms with Crippen molar-refractivity contribution in [3.05, 3.63) is 65.7 Å². The van der Waals surface area contributed by atoms with E-state index in [1.165, 1.54) is 48.5 Å². The number of Topliss-reactive ketones (excluding diaryl/α,β-unsaturated/α-hetero) is 2. The number of amides is 2. The number of ether oxygens (including phenoxy) is 1. The molecular weight excluding hydrogens is 474 g/mol. The van der Waals surface area contributed by atoms with E-state index in [2.05, 4.69) is 4.74 Å². The van der Waals surface area contributed by atoms with Gasteiger partial charge in [-0.2, -0.15) is 8.78 Å². The van der Waals surface area contributed by atoms with Crippen LogP contribution in [0.5, 0.6) is 5.75 Å². The fourth-order valence-electron chi connectivity index (χ4n) is 2.91. The predicted molar refractivity (Wildman–Crippen MR) is 117 cm³/mol. The lowest BCUT2D eigenvalue weighted by Gasteiger charge is -2.25. The number of nitrogens with two attached hydrogens (primary N) is 1. The van der Waals surface area contributed by atoms with E-state index in [4.69, 9.17) is 5.73 Å². The third-order valence-corrected chi connectivity index (χ3v) is 6.36. The second-order valence-electron chi connectivity index (χ2n) is 7.39. The van der Waals surface area contributed by atoms with Gasteiger partial charge in [0.25, 0.3) is 5.91 Å². The molecule has 0 saturated carbocycles. The van der Waals surface area contributed by atoms with E-state index in [1.807, 2.05) is 5.32 Å². The molecule has 0 fully saturated rings. The van der Waals surface area contributed by atoms with Crippen LogP contribution in [0.4, 0.5) is 8.78 Å². The summed E-state index contributed by atoms with van der Waals surface area (Å²) in [6.45, 7) is -2.21. The zero-order valence-corrected chi connectivity index (χ0v) is 18.8. The van der Waals surface area contributed by atoms with Gasteiger partial charge in [0.15, 0.2) is 15.4 Å². The maximum Gasteiger partial charge on any atom is 0.387 e. The van der Waals surface area contributed by atoms with Gasteiger partial charge in [0.05, 0.1) is 11.5 Å². The number of benzene rings is 2. The van der Waals surface area contributed by atoms with E-state index < -0.39 is 63.3 Å². The van der Waals surface area contributed by atoms with Gasteiger partial charge in [-0.25, -0.2) is 8.42 Å². The van der Waals surface area contributed by atoms with Crippen molar-refractivity contribution >= 4 is 33.2 Å². The summed E-state index contributed by atoms with van der Waals surface area (Å²) in [6.07, 6.45) is -0.685. The van der Waals surface area contributed by atoms with E-state index in [0.29, 0.717) is 0 Å². The average Bonchev–Trinajstić information content (AvgIpc) is 2.78. The van der Waals surface area contributed by atoms with Crippen LogP contribution in [0.2, 0.25) is 0 Å². The lowest BCUT2D eigenvalue weighted by Crippen LogP contribution is -2.62. The zero-order valence-electron chi connectivity index (χ0n) is 18.0. The second-order valence-corrected chi connectivity index (χ2v) is 9.57. The van der Waals surface area contributed by atoms with Crippen molar-refractivity contribution in [3.8, 4) is 5.75 Å². The van der Waals surface area contributed by atoms with Crippen molar-refractivity contribution in [1.82, 2.24) is 5.32 Å². The van der Waals surface area contributed by atoms with Crippen LogP contribution in [0.3, 0.4) is 0 Å². The smallest absolute Gasteiger partial charge is 0.387 e. The maximum atomic E-state index is 12.7. The molecule has 182 valence electrons. The Kier molecular flexibility index (Phi) is 8.57. The molecular formula is C22H22F2N2O7S. The van der Waals surface area contributed by atoms with E-state index in [1.54, 1.807) is 6.07 Å². The first-order chi connectivity index (χ1) is 15.9. The summed E-state index contributed by atoms with van der Waals surface area (Å²) in [5.74, 6) is -6.45. The Morgan fingerprint density at radius 3 is 2.21 bits per heavy atom. The molecule has 1 unspecified atom stereocenters. The van der Waals surface area contributed by atoms with Crippen molar-refractivity contribution < 1.29 is 41.1 Å². The van der Waals surface area contributed by atoms with Gasteiger partial charge in [-0.1, -0.05) is 48.5 Å². The molecule has 12 heteroatoms. The Hall–Kier alpha value is -3.67. The Morgan fingerprint density at radius 2 is 1.62 bits per heavy atom. The van der Waals surface area contributed by atoms with Crippen LogP contribution in [0, 0.1) is 0 Å². The summed E-state index contributed by atoms with van der Waals surface area (Å²) in [5, 5.41) is 2.05. The van der Waals surface area contributed by atoms with Gasteiger partial charge in [0.1, 0.15) is 5.75 Å². The molecule has 0 saturated heterocycles. The number of halogens is 2. The van der Waals surface area contributed by atoms with Gasteiger partial charge in [-0.3, -0.25) is 19.2 Å². The molecule has 2 aromatic carbocycles. The quantitative estimate of drug-likeness (QED) is 0.256. The Labute approximate surface area is 194 Å². The summed E-state index contributed by atoms with van der Waals surface area (Å²) in [4.78, 5) is 49.4. The third kappa shape index (κ3) is 6.91. The lowest BCUT2D eigenvalue weighted by atomic mass is 9.89. The number of nitrogens with one attached hydrogen (secondary N) is 1. The van der Waals surface area contributed by atoms with Crippen molar-refractivity contribution in [2.45, 2.75) is 31.2 Å². The topological polar surface area (TPSA) is 150 Å². The Morgan fingerprint density at radius 1 is 1.03 bits per heavy atom. The van der Waals surface area contributed by atoms with Crippen molar-refractivity contribution in [3.63, 3.8) is 0 Å². The SMILES string of the molecule is CC(NC(=O)CCS(=O)(=O)Cc1ccccc1OC(F)F)(C(N)=O)C(=O)C(=O)c1ccccc1. The molecule has 1 atom stereocenters. The summed E-state index contributed by atoms with van der Waals surface area (Å²) in [6, 6.07) is 12.6. The van der Waals surface area contributed by atoms with E-state index >= 15 is 0 Å². The van der Waals surface area contributed by atoms with E-state index in [9.17, 15) is 36.4 Å². The first-order valence-electron chi connectivity index (χ1n) is 9.84. The second kappa shape index (κ2) is 11.0. The van der Waals surface area contributed by atoms with Crippen LogP contribution in [-0.2, 0) is 30.0 Å². The number of carbonyl (C=O) groups excluding carboxylic acids is 4. The van der Waals surface area contributed by atoms with Gasteiger partial charge in [0, 0.05) is 17.5 Å². The van der Waals surface area contributed by atoms with Gasteiger partial charge < -0.3 is 15.8 Å². The molecule has 3 N–H and O–H groups in total. The van der Waals surface area contributed by atoms with E-state index in [0.717, 1.165) is 6.92 Å². The monoisotopic (exact) mass is 496 g/mol. The summed E-state index contributed by atoms with van der Waals surface area (Å²) in [7, 11) is -4.00. The van der Waals surface area contributed by atoms with Gasteiger partial charge in [0.2, 0.25) is 17.5 Å². The highest BCUT2D eigenvalue weighted by Crippen LogP contribution is 2.23. The largest absolute Gasteiger partial charge is 0.435 e. The fourth-order valence-corrected chi connectivity index (χ4v) is 4.26. The van der Waals surface area contributed by atoms with Crippen molar-refractivity contribution in [2.24, 2.45) is 5.73 Å². The zero-order chi connectivity index (χ0) is 25.5. The summed E-state index contributed by atoms with van der Waals surface area (Å²) < 4.78 is 54.2. The van der Waals surface area contributed by atoms with Crippen LogP contribution < -0.4 is 15.8 Å². The highest BCUT2D eigenvalue weighted by atomic mass is 32.2. The minimum Gasteiger partial charge on any atom is -0.435 e. The van der Waals surface area contributed by atoms with Crippen molar-refractivity contribution in [2.75, 3.05) is 5.75 Å². The molecule has 2 amide bonds. The standard InChI is InChI=1S/C22H22F2N2O7S/c1-22(20(25)30,19(29)18(28)14-7-3-2-4-8-14)26-17(27)11-12-34(31,32)13-15-9-5-6-10-16(15)33-21(23)24/h2-10,21H,11-13H2,1H3,(H2,25,30)(H,26,27). The van der Waals surface area contributed by atoms with Crippen LogP contribution in [0.25, 0.3) is 0 Å². The molecule has 0 radical (unpaired) electrons. The number of carbonyl (C=O) groups is 4. The van der Waals surface area contributed by atoms with Crippen LogP contribution >= 0.6 is 0 Å². The number of primary amides is 1.